The molecule has 1 aliphatic carbocycles. The Balaban J connectivity index is 2.04. The molecule has 1 aromatic heterocycles. The van der Waals surface area contributed by atoms with E-state index in [4.69, 9.17) is 0 Å². The highest BCUT2D eigenvalue weighted by molar-refractivity contribution is 5.95. The molecule has 4 nitrogen and oxygen atoms in total. The number of hydrogen-bond donors (Lipinski definition) is 1. The number of aryl methyl sites for hydroxylation is 1. The molecule has 0 aromatic carbocycles. The molecule has 0 atom stereocenters. The molecular formula is C14H23N3O. The number of amides is 1. The third kappa shape index (κ3) is 2.75. The van der Waals surface area contributed by atoms with Gasteiger partial charge >= 0.3 is 0 Å². The van der Waals surface area contributed by atoms with Crippen LogP contribution < -0.4 is 5.32 Å². The lowest BCUT2D eigenvalue weighted by Crippen LogP contribution is -2.31. The van der Waals surface area contributed by atoms with Crippen LogP contribution in [0.1, 0.15) is 40.6 Å². The van der Waals surface area contributed by atoms with Gasteiger partial charge in [0.2, 0.25) is 0 Å². The van der Waals surface area contributed by atoms with Crippen molar-refractivity contribution < 1.29 is 4.79 Å². The fourth-order valence-electron chi connectivity index (χ4n) is 2.39. The van der Waals surface area contributed by atoms with Crippen LogP contribution in [0.15, 0.2) is 6.07 Å². The van der Waals surface area contributed by atoms with Gasteiger partial charge in [-0.15, -0.1) is 0 Å². The van der Waals surface area contributed by atoms with Crippen molar-refractivity contribution in [1.29, 1.82) is 0 Å². The van der Waals surface area contributed by atoms with Gasteiger partial charge < -0.3 is 14.8 Å². The van der Waals surface area contributed by atoms with Crippen LogP contribution in [0.3, 0.4) is 0 Å². The van der Waals surface area contributed by atoms with Crippen molar-refractivity contribution in [3.05, 3.63) is 23.0 Å². The van der Waals surface area contributed by atoms with Gasteiger partial charge in [-0.1, -0.05) is 0 Å². The van der Waals surface area contributed by atoms with Crippen molar-refractivity contribution in [3.63, 3.8) is 0 Å². The van der Waals surface area contributed by atoms with Crippen molar-refractivity contribution in [3.8, 4) is 0 Å². The zero-order valence-electron chi connectivity index (χ0n) is 11.8. The zero-order valence-corrected chi connectivity index (χ0v) is 11.8. The monoisotopic (exact) mass is 249 g/mol. The highest BCUT2D eigenvalue weighted by Gasteiger charge is 2.28. The fourth-order valence-corrected chi connectivity index (χ4v) is 2.39. The molecule has 1 fully saturated rings. The van der Waals surface area contributed by atoms with Crippen LogP contribution in [0, 0.1) is 13.8 Å². The minimum atomic E-state index is 0.0526. The van der Waals surface area contributed by atoms with E-state index in [1.807, 2.05) is 27.1 Å². The number of nitrogens with one attached hydrogen (secondary N) is 1. The SMILES string of the molecule is Cc1cc(C(=O)NCCN(C)C)c(C)n1C1CC1. The zero-order chi connectivity index (χ0) is 13.3. The number of carbonyl (C=O) groups is 1. The molecule has 4 heteroatoms. The van der Waals surface area contributed by atoms with Gasteiger partial charge in [0.25, 0.3) is 5.91 Å². The Labute approximate surface area is 109 Å². The summed E-state index contributed by atoms with van der Waals surface area (Å²) in [7, 11) is 4.01. The maximum absolute atomic E-state index is 12.1. The standard InChI is InChI=1S/C14H23N3O/c1-10-9-13(11(2)17(10)12-5-6-12)14(18)15-7-8-16(3)4/h9,12H,5-8H2,1-4H3,(H,15,18). The molecule has 1 saturated carbocycles. The van der Waals surface area contributed by atoms with Crippen LogP contribution in [-0.4, -0.2) is 42.6 Å². The summed E-state index contributed by atoms with van der Waals surface area (Å²) in [4.78, 5) is 14.2. The summed E-state index contributed by atoms with van der Waals surface area (Å²) in [6, 6.07) is 2.65. The van der Waals surface area contributed by atoms with Gasteiger partial charge in [0.1, 0.15) is 0 Å². The second-order valence-corrected chi connectivity index (χ2v) is 5.45. The number of aromatic nitrogens is 1. The van der Waals surface area contributed by atoms with Gasteiger partial charge in [-0.05, 0) is 46.9 Å². The number of rotatable bonds is 5. The first-order valence-corrected chi connectivity index (χ1v) is 6.62. The number of carbonyl (C=O) groups excluding carboxylic acids is 1. The van der Waals surface area contributed by atoms with E-state index in [9.17, 15) is 4.79 Å². The lowest BCUT2D eigenvalue weighted by Gasteiger charge is -2.11. The van der Waals surface area contributed by atoms with E-state index in [2.05, 4.69) is 21.7 Å². The summed E-state index contributed by atoms with van der Waals surface area (Å²) in [5, 5.41) is 2.98. The number of hydrogen-bond acceptors (Lipinski definition) is 2. The molecular weight excluding hydrogens is 226 g/mol. The van der Waals surface area contributed by atoms with Crippen molar-refractivity contribution in [2.75, 3.05) is 27.2 Å². The van der Waals surface area contributed by atoms with Crippen molar-refractivity contribution in [2.45, 2.75) is 32.7 Å². The third-order valence-electron chi connectivity index (χ3n) is 3.49. The molecule has 1 aromatic rings. The molecule has 1 aliphatic rings. The van der Waals surface area contributed by atoms with E-state index >= 15 is 0 Å². The Kier molecular flexibility index (Phi) is 3.76. The van der Waals surface area contributed by atoms with Gasteiger partial charge in [0, 0.05) is 30.5 Å². The smallest absolute Gasteiger partial charge is 0.253 e. The highest BCUT2D eigenvalue weighted by atomic mass is 16.1. The summed E-state index contributed by atoms with van der Waals surface area (Å²) >= 11 is 0. The Morgan fingerprint density at radius 2 is 2.11 bits per heavy atom. The molecule has 18 heavy (non-hydrogen) atoms. The van der Waals surface area contributed by atoms with Crippen LogP contribution in [0.4, 0.5) is 0 Å². The molecule has 1 heterocycles. The Morgan fingerprint density at radius 3 is 2.67 bits per heavy atom. The van der Waals surface area contributed by atoms with Crippen LogP contribution >= 0.6 is 0 Å². The predicted octanol–water partition coefficient (Wildman–Crippen LogP) is 1.73. The lowest BCUT2D eigenvalue weighted by molar-refractivity contribution is 0.0950. The molecule has 2 rings (SSSR count). The minimum Gasteiger partial charge on any atom is -0.351 e. The van der Waals surface area contributed by atoms with Crippen molar-refractivity contribution >= 4 is 5.91 Å². The largest absolute Gasteiger partial charge is 0.351 e. The van der Waals surface area contributed by atoms with E-state index in [-0.39, 0.29) is 5.91 Å². The molecule has 0 bridgehead atoms. The van der Waals surface area contributed by atoms with Gasteiger partial charge in [-0.2, -0.15) is 0 Å². The molecule has 1 N–H and O–H groups in total. The van der Waals surface area contributed by atoms with E-state index < -0.39 is 0 Å². The lowest BCUT2D eigenvalue weighted by atomic mass is 10.2. The van der Waals surface area contributed by atoms with Crippen LogP contribution in [0.5, 0.6) is 0 Å². The van der Waals surface area contributed by atoms with Crippen LogP contribution in [0.25, 0.3) is 0 Å². The third-order valence-corrected chi connectivity index (χ3v) is 3.49. The van der Waals surface area contributed by atoms with Crippen LogP contribution in [-0.2, 0) is 0 Å². The Morgan fingerprint density at radius 1 is 1.44 bits per heavy atom. The van der Waals surface area contributed by atoms with Crippen molar-refractivity contribution in [2.24, 2.45) is 0 Å². The molecule has 1 amide bonds. The fraction of sp³-hybridized carbons (Fsp3) is 0.643. The van der Waals surface area contributed by atoms with E-state index in [0.717, 1.165) is 17.8 Å². The first kappa shape index (κ1) is 13.1. The van der Waals surface area contributed by atoms with Crippen molar-refractivity contribution in [1.82, 2.24) is 14.8 Å². The first-order valence-electron chi connectivity index (χ1n) is 6.62. The van der Waals surface area contributed by atoms with E-state index in [0.29, 0.717) is 12.6 Å². The van der Waals surface area contributed by atoms with Gasteiger partial charge in [-0.25, -0.2) is 0 Å². The molecule has 0 saturated heterocycles. The average molecular weight is 249 g/mol. The Bertz CT molecular complexity index is 444. The van der Waals surface area contributed by atoms with Gasteiger partial charge in [-0.3, -0.25) is 4.79 Å². The second-order valence-electron chi connectivity index (χ2n) is 5.45. The predicted molar refractivity (Wildman–Crippen MR) is 73.1 cm³/mol. The minimum absolute atomic E-state index is 0.0526. The summed E-state index contributed by atoms with van der Waals surface area (Å²) in [6.45, 7) is 5.69. The first-order chi connectivity index (χ1) is 8.50. The maximum atomic E-state index is 12.1. The van der Waals surface area contributed by atoms with E-state index in [1.54, 1.807) is 0 Å². The van der Waals surface area contributed by atoms with Gasteiger partial charge in [0.05, 0.1) is 5.56 Å². The molecule has 100 valence electrons. The molecule has 0 aliphatic heterocycles. The molecule has 0 spiro atoms. The van der Waals surface area contributed by atoms with Gasteiger partial charge in [0.15, 0.2) is 0 Å². The van der Waals surface area contributed by atoms with Crippen LogP contribution in [0.2, 0.25) is 0 Å². The summed E-state index contributed by atoms with van der Waals surface area (Å²) in [5.41, 5.74) is 3.14. The topological polar surface area (TPSA) is 37.3 Å². The average Bonchev–Trinajstić information content (AvgIpc) is 3.05. The number of nitrogens with zero attached hydrogens (tertiary/aromatic N) is 2. The molecule has 0 radical (unpaired) electrons. The summed E-state index contributed by atoms with van der Waals surface area (Å²) in [6.07, 6.45) is 2.50. The second kappa shape index (κ2) is 5.14. The van der Waals surface area contributed by atoms with E-state index in [1.165, 1.54) is 18.5 Å². The quantitative estimate of drug-likeness (QED) is 0.863. The maximum Gasteiger partial charge on any atom is 0.253 e. The summed E-state index contributed by atoms with van der Waals surface area (Å²) in [5.74, 6) is 0.0526. The number of likely N-dealkylation sites (N-methyl/N-ethyl adjacent to an activating group) is 1. The highest BCUT2D eigenvalue weighted by Crippen LogP contribution is 2.38. The summed E-state index contributed by atoms with van der Waals surface area (Å²) < 4.78 is 2.31. The Hall–Kier alpha value is -1.29. The normalized spacial score (nSPS) is 15.2. The molecule has 0 unspecified atom stereocenters.